The zero-order valence-corrected chi connectivity index (χ0v) is 11.4. The zero-order valence-electron chi connectivity index (χ0n) is 11.4. The van der Waals surface area contributed by atoms with Crippen molar-refractivity contribution in [3.63, 3.8) is 0 Å². The number of furan rings is 1. The van der Waals surface area contributed by atoms with E-state index < -0.39 is 25.0 Å². The topological polar surface area (TPSA) is 84.6 Å². The Morgan fingerprint density at radius 3 is 2.95 bits per heavy atom. The highest BCUT2D eigenvalue weighted by Crippen LogP contribution is 2.14. The van der Waals surface area contributed by atoms with E-state index in [1.165, 1.54) is 24.6 Å². The molecular formula is C14H14F2N2O4. The molecule has 118 valence electrons. The second kappa shape index (κ2) is 7.51. The summed E-state index contributed by atoms with van der Waals surface area (Å²) in [6.07, 6.45) is -0.907. The van der Waals surface area contributed by atoms with Gasteiger partial charge < -0.3 is 19.6 Å². The molecule has 0 radical (unpaired) electrons. The zero-order chi connectivity index (χ0) is 15.9. The number of ether oxygens (including phenoxy) is 1. The molecule has 0 saturated heterocycles. The second-order valence-corrected chi connectivity index (χ2v) is 4.32. The molecule has 0 bridgehead atoms. The average molecular weight is 312 g/mol. The summed E-state index contributed by atoms with van der Waals surface area (Å²) in [4.78, 5) is 15.7. The van der Waals surface area contributed by atoms with Gasteiger partial charge in [0.25, 0.3) is 12.3 Å². The first kappa shape index (κ1) is 15.9. The molecule has 2 rings (SSSR count). The molecule has 2 aromatic heterocycles. The number of rotatable bonds is 7. The van der Waals surface area contributed by atoms with E-state index in [0.717, 1.165) is 0 Å². The van der Waals surface area contributed by atoms with Crippen molar-refractivity contribution in [2.45, 2.75) is 12.5 Å². The fourth-order valence-corrected chi connectivity index (χ4v) is 1.65. The normalized spacial score (nSPS) is 12.2. The molecule has 0 saturated carbocycles. The van der Waals surface area contributed by atoms with Crippen LogP contribution >= 0.6 is 0 Å². The monoisotopic (exact) mass is 312 g/mol. The summed E-state index contributed by atoms with van der Waals surface area (Å²) in [5.74, 6) is -0.123. The molecule has 0 fully saturated rings. The van der Waals surface area contributed by atoms with Gasteiger partial charge in [0.1, 0.15) is 29.9 Å². The first-order valence-corrected chi connectivity index (χ1v) is 6.43. The summed E-state index contributed by atoms with van der Waals surface area (Å²) in [6.45, 7) is -0.835. The van der Waals surface area contributed by atoms with Gasteiger partial charge in [-0.2, -0.15) is 0 Å². The Hall–Kier alpha value is -2.48. The summed E-state index contributed by atoms with van der Waals surface area (Å²) in [5.41, 5.74) is -0.00147. The average Bonchev–Trinajstić information content (AvgIpc) is 3.05. The van der Waals surface area contributed by atoms with Gasteiger partial charge in [-0.25, -0.2) is 8.78 Å². The Morgan fingerprint density at radius 2 is 2.27 bits per heavy atom. The van der Waals surface area contributed by atoms with Crippen LogP contribution in [0.3, 0.4) is 0 Å². The molecule has 2 heterocycles. The lowest BCUT2D eigenvalue weighted by atomic mass is 10.2. The lowest BCUT2D eigenvalue weighted by molar-refractivity contribution is 0.0816. The van der Waals surface area contributed by atoms with Crippen molar-refractivity contribution >= 4 is 5.91 Å². The summed E-state index contributed by atoms with van der Waals surface area (Å²) >= 11 is 0. The Bertz CT molecular complexity index is 605. The molecular weight excluding hydrogens is 298 g/mol. The van der Waals surface area contributed by atoms with E-state index in [0.29, 0.717) is 5.76 Å². The maximum absolute atomic E-state index is 12.1. The minimum absolute atomic E-state index is 0.00147. The number of hydrogen-bond acceptors (Lipinski definition) is 5. The van der Waals surface area contributed by atoms with Gasteiger partial charge in [-0.1, -0.05) is 0 Å². The van der Waals surface area contributed by atoms with Crippen molar-refractivity contribution in [2.24, 2.45) is 0 Å². The maximum Gasteiger partial charge on any atom is 0.272 e. The third-order valence-corrected chi connectivity index (χ3v) is 2.67. The number of amides is 1. The van der Waals surface area contributed by atoms with Crippen molar-refractivity contribution in [1.29, 1.82) is 0 Å². The number of hydrogen-bond donors (Lipinski definition) is 2. The molecule has 22 heavy (non-hydrogen) atoms. The molecule has 0 aliphatic rings. The minimum Gasteiger partial charge on any atom is -0.488 e. The molecule has 1 atom stereocenters. The van der Waals surface area contributed by atoms with Crippen molar-refractivity contribution in [3.05, 3.63) is 48.2 Å². The molecule has 0 aliphatic heterocycles. The lowest BCUT2D eigenvalue weighted by Gasteiger charge is -2.10. The highest BCUT2D eigenvalue weighted by molar-refractivity contribution is 5.92. The van der Waals surface area contributed by atoms with Crippen LogP contribution in [-0.2, 0) is 0 Å². The van der Waals surface area contributed by atoms with Gasteiger partial charge in [0.2, 0.25) is 0 Å². The van der Waals surface area contributed by atoms with Gasteiger partial charge in [0.15, 0.2) is 0 Å². The first-order valence-electron chi connectivity index (χ1n) is 6.43. The summed E-state index contributed by atoms with van der Waals surface area (Å²) in [5, 5.41) is 12.2. The predicted octanol–water partition coefficient (Wildman–Crippen LogP) is 1.78. The number of nitrogens with zero attached hydrogens (tertiary/aromatic N) is 1. The fourth-order valence-electron chi connectivity index (χ4n) is 1.65. The Morgan fingerprint density at radius 1 is 1.45 bits per heavy atom. The van der Waals surface area contributed by atoms with Crippen LogP contribution in [0.4, 0.5) is 8.78 Å². The smallest absolute Gasteiger partial charge is 0.272 e. The molecule has 8 heteroatoms. The number of aromatic nitrogens is 1. The first-order chi connectivity index (χ1) is 10.6. The van der Waals surface area contributed by atoms with Crippen molar-refractivity contribution < 1.29 is 27.8 Å². The van der Waals surface area contributed by atoms with Crippen LogP contribution in [0.1, 0.15) is 22.4 Å². The molecule has 2 N–H and O–H groups in total. The summed E-state index contributed by atoms with van der Waals surface area (Å²) < 4.78 is 33.9. The molecule has 1 amide bonds. The van der Waals surface area contributed by atoms with Crippen LogP contribution < -0.4 is 10.1 Å². The van der Waals surface area contributed by atoms with Crippen molar-refractivity contribution in [3.8, 4) is 5.75 Å². The maximum atomic E-state index is 12.1. The van der Waals surface area contributed by atoms with Gasteiger partial charge >= 0.3 is 0 Å². The quantitative estimate of drug-likeness (QED) is 0.814. The van der Waals surface area contributed by atoms with Crippen LogP contribution in [0.15, 0.2) is 41.1 Å². The van der Waals surface area contributed by atoms with E-state index in [-0.39, 0.29) is 18.0 Å². The van der Waals surface area contributed by atoms with E-state index in [9.17, 15) is 18.7 Å². The van der Waals surface area contributed by atoms with E-state index >= 15 is 0 Å². The molecule has 2 aromatic rings. The van der Waals surface area contributed by atoms with E-state index in [2.05, 4.69) is 10.3 Å². The lowest BCUT2D eigenvalue weighted by Crippen LogP contribution is -2.28. The SMILES string of the molecule is O=C(NCC(O)c1ccco1)c1cc(OCC(F)F)ccn1. The van der Waals surface area contributed by atoms with Gasteiger partial charge in [-0.3, -0.25) is 9.78 Å². The summed E-state index contributed by atoms with van der Waals surface area (Å²) in [6, 6.07) is 5.81. The van der Waals surface area contributed by atoms with Crippen LogP contribution in [0, 0.1) is 0 Å². The van der Waals surface area contributed by atoms with Crippen molar-refractivity contribution in [2.75, 3.05) is 13.2 Å². The largest absolute Gasteiger partial charge is 0.488 e. The number of pyridine rings is 1. The second-order valence-electron chi connectivity index (χ2n) is 4.32. The number of alkyl halides is 2. The number of aliphatic hydroxyl groups is 1. The minimum atomic E-state index is -2.60. The molecule has 0 aromatic carbocycles. The molecule has 1 unspecified atom stereocenters. The van der Waals surface area contributed by atoms with Gasteiger partial charge in [0, 0.05) is 12.3 Å². The Kier molecular flexibility index (Phi) is 5.42. The highest BCUT2D eigenvalue weighted by Gasteiger charge is 2.14. The molecule has 6 nitrogen and oxygen atoms in total. The van der Waals surface area contributed by atoms with E-state index in [1.54, 1.807) is 12.1 Å². The van der Waals surface area contributed by atoms with Gasteiger partial charge in [0.05, 0.1) is 12.8 Å². The van der Waals surface area contributed by atoms with Crippen LogP contribution in [0.2, 0.25) is 0 Å². The standard InChI is InChI=1S/C14H14F2N2O4/c15-13(16)8-22-9-3-4-17-10(6-9)14(20)18-7-11(19)12-2-1-5-21-12/h1-6,11,13,19H,7-8H2,(H,18,20). The van der Waals surface area contributed by atoms with Crippen molar-refractivity contribution in [1.82, 2.24) is 10.3 Å². The Labute approximate surface area is 124 Å². The van der Waals surface area contributed by atoms with Crippen LogP contribution in [0.5, 0.6) is 5.75 Å². The molecule has 0 spiro atoms. The number of aliphatic hydroxyl groups excluding tert-OH is 1. The fraction of sp³-hybridized carbons (Fsp3) is 0.286. The predicted molar refractivity (Wildman–Crippen MR) is 71.7 cm³/mol. The number of carbonyl (C=O) groups excluding carboxylic acids is 1. The third kappa shape index (κ3) is 4.52. The summed E-state index contributed by atoms with van der Waals surface area (Å²) in [7, 11) is 0. The number of carbonyl (C=O) groups is 1. The van der Waals surface area contributed by atoms with Gasteiger partial charge in [-0.05, 0) is 18.2 Å². The Balaban J connectivity index is 1.90. The molecule has 0 aliphatic carbocycles. The van der Waals surface area contributed by atoms with E-state index in [4.69, 9.17) is 9.15 Å². The number of nitrogens with one attached hydrogen (secondary N) is 1. The third-order valence-electron chi connectivity index (χ3n) is 2.67. The van der Waals surface area contributed by atoms with Crippen LogP contribution in [-0.4, -0.2) is 35.6 Å². The van der Waals surface area contributed by atoms with Crippen LogP contribution in [0.25, 0.3) is 0 Å². The highest BCUT2D eigenvalue weighted by atomic mass is 19.3. The van der Waals surface area contributed by atoms with Gasteiger partial charge in [-0.15, -0.1) is 0 Å². The van der Waals surface area contributed by atoms with E-state index in [1.807, 2.05) is 0 Å². The number of halogens is 2.